The number of nitrogens with zero attached hydrogens (tertiary/aromatic N) is 3. The molecule has 2 aliphatic heterocycles. The maximum Gasteiger partial charge on any atom is 0.271 e. The Bertz CT molecular complexity index is 742. The topological polar surface area (TPSA) is 76.6 Å². The van der Waals surface area contributed by atoms with Gasteiger partial charge in [-0.3, -0.25) is 4.79 Å². The Balaban J connectivity index is 1.37. The summed E-state index contributed by atoms with van der Waals surface area (Å²) in [5, 5.41) is 2.84. The lowest BCUT2D eigenvalue weighted by molar-refractivity contribution is 0.0945. The van der Waals surface area contributed by atoms with Crippen LogP contribution in [0.25, 0.3) is 0 Å². The van der Waals surface area contributed by atoms with Gasteiger partial charge in [0.05, 0.1) is 12.4 Å². The first kappa shape index (κ1) is 14.7. The Kier molecular flexibility index (Phi) is 3.90. The van der Waals surface area contributed by atoms with E-state index in [9.17, 15) is 4.79 Å². The van der Waals surface area contributed by atoms with E-state index in [0.717, 1.165) is 30.2 Å². The maximum absolute atomic E-state index is 12.2. The number of anilines is 1. The molecule has 3 heterocycles. The average Bonchev–Trinajstić information content (AvgIpc) is 3.31. The van der Waals surface area contributed by atoms with Crippen molar-refractivity contribution in [1.82, 2.24) is 15.3 Å². The van der Waals surface area contributed by atoms with Gasteiger partial charge in [0.1, 0.15) is 11.5 Å². The fourth-order valence-electron chi connectivity index (χ4n) is 2.87. The van der Waals surface area contributed by atoms with Gasteiger partial charge in [0, 0.05) is 19.6 Å². The fourth-order valence-corrected chi connectivity index (χ4v) is 2.87. The molecule has 0 spiro atoms. The smallest absolute Gasteiger partial charge is 0.271 e. The number of aromatic nitrogens is 2. The van der Waals surface area contributed by atoms with E-state index in [1.807, 2.05) is 18.2 Å². The minimum atomic E-state index is -0.242. The Hall–Kier alpha value is -2.83. The van der Waals surface area contributed by atoms with E-state index in [-0.39, 0.29) is 12.7 Å². The Morgan fingerprint density at radius 2 is 1.96 bits per heavy atom. The molecule has 0 unspecified atom stereocenters. The molecule has 1 N–H and O–H groups in total. The van der Waals surface area contributed by atoms with Gasteiger partial charge < -0.3 is 19.7 Å². The lowest BCUT2D eigenvalue weighted by Gasteiger charge is -2.15. The molecule has 1 fully saturated rings. The zero-order chi connectivity index (χ0) is 16.4. The normalized spacial score (nSPS) is 15.6. The van der Waals surface area contributed by atoms with Crippen LogP contribution in [-0.2, 0) is 6.54 Å². The van der Waals surface area contributed by atoms with E-state index in [2.05, 4.69) is 20.2 Å². The van der Waals surface area contributed by atoms with Crippen LogP contribution in [0.4, 0.5) is 5.82 Å². The monoisotopic (exact) mass is 326 g/mol. The number of carbonyl (C=O) groups excluding carboxylic acids is 1. The fraction of sp³-hybridized carbons (Fsp3) is 0.353. The molecule has 4 rings (SSSR count). The van der Waals surface area contributed by atoms with Crippen LogP contribution in [-0.4, -0.2) is 35.8 Å². The molecule has 0 aliphatic carbocycles. The van der Waals surface area contributed by atoms with Crippen LogP contribution in [0, 0.1) is 0 Å². The van der Waals surface area contributed by atoms with Crippen LogP contribution >= 0.6 is 0 Å². The highest BCUT2D eigenvalue weighted by Gasteiger charge is 2.16. The molecule has 0 atom stereocenters. The second-order valence-electron chi connectivity index (χ2n) is 5.82. The molecule has 1 aromatic carbocycles. The number of hydrogen-bond donors (Lipinski definition) is 1. The first-order chi connectivity index (χ1) is 11.8. The summed E-state index contributed by atoms with van der Waals surface area (Å²) in [6, 6.07) is 5.61. The molecule has 1 aromatic heterocycles. The highest BCUT2D eigenvalue weighted by molar-refractivity contribution is 5.92. The molecule has 1 saturated heterocycles. The van der Waals surface area contributed by atoms with Crippen molar-refractivity contribution in [2.45, 2.75) is 19.4 Å². The van der Waals surface area contributed by atoms with Crippen LogP contribution < -0.4 is 19.7 Å². The van der Waals surface area contributed by atoms with Crippen LogP contribution in [0.5, 0.6) is 11.5 Å². The summed E-state index contributed by atoms with van der Waals surface area (Å²) in [6.07, 6.45) is 5.56. The second-order valence-corrected chi connectivity index (χ2v) is 5.82. The molecule has 0 saturated carbocycles. The second kappa shape index (κ2) is 6.35. The highest BCUT2D eigenvalue weighted by Crippen LogP contribution is 2.32. The van der Waals surface area contributed by atoms with Gasteiger partial charge in [-0.25, -0.2) is 9.97 Å². The maximum atomic E-state index is 12.2. The van der Waals surface area contributed by atoms with E-state index >= 15 is 0 Å². The number of carbonyl (C=O) groups is 1. The van der Waals surface area contributed by atoms with Gasteiger partial charge in [-0.15, -0.1) is 0 Å². The standard InChI is InChI=1S/C17H18N4O3/c22-17(13-9-19-16(10-18-13)21-5-1-2-6-21)20-8-12-3-4-14-15(7-12)24-11-23-14/h3-4,7,9-10H,1-2,5-6,8,11H2,(H,20,22). The molecule has 124 valence electrons. The Labute approximate surface area is 139 Å². The van der Waals surface area contributed by atoms with Gasteiger partial charge in [0.15, 0.2) is 11.5 Å². The highest BCUT2D eigenvalue weighted by atomic mass is 16.7. The van der Waals surface area contributed by atoms with Gasteiger partial charge in [-0.05, 0) is 30.5 Å². The molecule has 0 radical (unpaired) electrons. The third kappa shape index (κ3) is 2.97. The third-order valence-corrected chi connectivity index (χ3v) is 4.19. The first-order valence-electron chi connectivity index (χ1n) is 8.03. The van der Waals surface area contributed by atoms with Gasteiger partial charge >= 0.3 is 0 Å². The molecule has 2 aliphatic rings. The summed E-state index contributed by atoms with van der Waals surface area (Å²) >= 11 is 0. The predicted molar refractivity (Wildman–Crippen MR) is 87.2 cm³/mol. The zero-order valence-corrected chi connectivity index (χ0v) is 13.2. The summed E-state index contributed by atoms with van der Waals surface area (Å²) in [5.74, 6) is 2.03. The molecular weight excluding hydrogens is 308 g/mol. The van der Waals surface area contributed by atoms with Crippen LogP contribution in [0.1, 0.15) is 28.9 Å². The van der Waals surface area contributed by atoms with E-state index in [0.29, 0.717) is 18.0 Å². The minimum Gasteiger partial charge on any atom is -0.454 e. The Morgan fingerprint density at radius 1 is 1.12 bits per heavy atom. The SMILES string of the molecule is O=C(NCc1ccc2c(c1)OCO2)c1cnc(N2CCCC2)cn1. The van der Waals surface area contributed by atoms with Gasteiger partial charge in [-0.1, -0.05) is 6.07 Å². The number of rotatable bonds is 4. The number of hydrogen-bond acceptors (Lipinski definition) is 6. The van der Waals surface area contributed by atoms with E-state index < -0.39 is 0 Å². The number of benzene rings is 1. The summed E-state index contributed by atoms with van der Waals surface area (Å²) in [5.41, 5.74) is 1.26. The van der Waals surface area contributed by atoms with Gasteiger partial charge in [0.25, 0.3) is 5.91 Å². The zero-order valence-electron chi connectivity index (χ0n) is 13.2. The summed E-state index contributed by atoms with van der Waals surface area (Å²) in [7, 11) is 0. The van der Waals surface area contributed by atoms with Crippen molar-refractivity contribution >= 4 is 11.7 Å². The van der Waals surface area contributed by atoms with Crippen molar-refractivity contribution in [2.24, 2.45) is 0 Å². The average molecular weight is 326 g/mol. The number of ether oxygens (including phenoxy) is 2. The van der Waals surface area contributed by atoms with Crippen LogP contribution in [0.15, 0.2) is 30.6 Å². The summed E-state index contributed by atoms with van der Waals surface area (Å²) in [4.78, 5) is 23.0. The molecule has 7 nitrogen and oxygen atoms in total. The van der Waals surface area contributed by atoms with E-state index in [1.54, 1.807) is 6.20 Å². The van der Waals surface area contributed by atoms with Crippen molar-refractivity contribution in [3.8, 4) is 11.5 Å². The Morgan fingerprint density at radius 3 is 2.75 bits per heavy atom. The molecular formula is C17H18N4O3. The number of nitrogens with one attached hydrogen (secondary N) is 1. The molecule has 0 bridgehead atoms. The first-order valence-corrected chi connectivity index (χ1v) is 8.03. The van der Waals surface area contributed by atoms with Crippen molar-refractivity contribution in [2.75, 3.05) is 24.8 Å². The minimum absolute atomic E-state index is 0.240. The number of fused-ring (bicyclic) bond motifs is 1. The molecule has 7 heteroatoms. The lowest BCUT2D eigenvalue weighted by atomic mass is 10.2. The van der Waals surface area contributed by atoms with E-state index in [4.69, 9.17) is 9.47 Å². The molecule has 1 amide bonds. The number of amides is 1. The van der Waals surface area contributed by atoms with Crippen molar-refractivity contribution in [3.63, 3.8) is 0 Å². The third-order valence-electron chi connectivity index (χ3n) is 4.19. The summed E-state index contributed by atoms with van der Waals surface area (Å²) in [6.45, 7) is 2.64. The van der Waals surface area contributed by atoms with Gasteiger partial charge in [-0.2, -0.15) is 0 Å². The molecule has 24 heavy (non-hydrogen) atoms. The van der Waals surface area contributed by atoms with E-state index in [1.165, 1.54) is 19.0 Å². The van der Waals surface area contributed by atoms with Crippen LogP contribution in [0.2, 0.25) is 0 Å². The summed E-state index contributed by atoms with van der Waals surface area (Å²) < 4.78 is 10.6. The quantitative estimate of drug-likeness (QED) is 0.922. The van der Waals surface area contributed by atoms with Gasteiger partial charge in [0.2, 0.25) is 6.79 Å². The largest absolute Gasteiger partial charge is 0.454 e. The van der Waals surface area contributed by atoms with Crippen molar-refractivity contribution < 1.29 is 14.3 Å². The van der Waals surface area contributed by atoms with Crippen molar-refractivity contribution in [3.05, 3.63) is 41.9 Å². The van der Waals surface area contributed by atoms with Crippen LogP contribution in [0.3, 0.4) is 0 Å². The predicted octanol–water partition coefficient (Wildman–Crippen LogP) is 1.74. The molecule has 2 aromatic rings. The van der Waals surface area contributed by atoms with Crippen molar-refractivity contribution in [1.29, 1.82) is 0 Å². The lowest BCUT2D eigenvalue weighted by Crippen LogP contribution is -2.25.